The summed E-state index contributed by atoms with van der Waals surface area (Å²) in [4.78, 5) is 295. The van der Waals surface area contributed by atoms with Gasteiger partial charge in [0.1, 0.15) is 84.3 Å². The number of rotatable bonds is 29. The molecule has 3 aromatic heterocycles. The van der Waals surface area contributed by atoms with Gasteiger partial charge in [-0.1, -0.05) is 108 Å². The second-order valence-corrected chi connectivity index (χ2v) is 36.6. The van der Waals surface area contributed by atoms with Gasteiger partial charge >= 0.3 is 0 Å². The first-order valence-corrected chi connectivity index (χ1v) is 48.4. The number of fused-ring (bicyclic) bond motifs is 4. The second kappa shape index (κ2) is 53.5. The summed E-state index contributed by atoms with van der Waals surface area (Å²) >= 11 is 0.722. The Morgan fingerprint density at radius 1 is 0.518 bits per heavy atom. The normalized spacial score (nSPS) is 23.2. The number of benzene rings is 3. The standard InChI is InChI=1S/C94H132N26O20S/c1-9-12-26-70-86(133)110-63(25-18-34-100-94(97)98)84(131)114-69(83(130)105-47-77(125)104-46-76(124)103-45-75(96)123)49-141-50-79(127)109-66(37-54-30-32-58(121)33-31-54)89(136)116(6)53(5)81(128)113-68(41-74(95)122)91(138)119-35-19-28-71(119)87(134)112-65(40-57-44-99-51-107-57)85(132)115-80(52(4)11-3)93(140)120-36-20-29-72(120)88(135)111-64(38-55-42-101-61-23-16-14-21-59(55)61)82(129)106-48-78(126)108-67(39-56-43-102-62-24-17-15-22-60(56)62)90(137)118(8)73(27-13-10-2)92(139)117(70)7/h14-17,21-24,30-33,42-44,51-53,63-73,80,101-102,121H,9-13,18-20,25-29,34-41,45-50H2,1-8H3,(H2,95,122)(H2,96,123)(H,99,107)(H,103,124)(H,104,125)(H,105,130)(H,106,129)(H,108,126)(H,109,127)(H,110,133)(H,111,135)(H,112,134)(H,113,128)(H,114,131)(H,115,132)(H4,97,98,100)/t52?,53-,63-,64-,65-,66-,67-,68-,69-,70-,71-,72-,73-,80-/m0/s1. The van der Waals surface area contributed by atoms with Crippen molar-refractivity contribution in [3.05, 3.63) is 120 Å². The van der Waals surface area contributed by atoms with E-state index in [1.807, 2.05) is 19.9 Å². The molecule has 47 heteroatoms. The number of thioether (sulfide) groups is 1. The molecule has 0 radical (unpaired) electrons. The summed E-state index contributed by atoms with van der Waals surface area (Å²) in [5.41, 5.74) is 19.8. The number of phenols is 1. The number of H-pyrrole nitrogens is 3. The van der Waals surface area contributed by atoms with Gasteiger partial charge in [-0.15, -0.1) is 11.8 Å². The first kappa shape index (κ1) is 110. The van der Waals surface area contributed by atoms with Crippen LogP contribution in [0, 0.1) is 11.3 Å². The average Bonchev–Trinajstić information content (AvgIpc) is 1.72. The van der Waals surface area contributed by atoms with Crippen molar-refractivity contribution in [2.75, 3.05) is 78.5 Å². The number of hydrogen-bond acceptors (Lipinski definition) is 23. The summed E-state index contributed by atoms with van der Waals surface area (Å²) in [5, 5.41) is 53.5. The number of hydrogen-bond donors (Lipinski definition) is 21. The highest BCUT2D eigenvalue weighted by atomic mass is 32.2. The molecule has 6 aromatic rings. The van der Waals surface area contributed by atoms with Gasteiger partial charge in [0.15, 0.2) is 5.96 Å². The summed E-state index contributed by atoms with van der Waals surface area (Å²) in [6.45, 7) is 5.45. The SMILES string of the molecule is CCCC[C@H]1C(=O)N(C)[C@@H](CCCC)C(=O)N[C@@H](CCCNC(=N)N)C(=O)N[C@H](C(=O)NCC(=O)NCC(=O)NCC(N)=O)CSCC(=O)N[C@@H](Cc2ccc(O)cc2)C(=O)N(C)[C@@H](C)C(=O)N[C@@H](CC(N)=O)C(=O)N2CCC[C@H]2C(=O)N[C@@H](Cc2cnc[nH]2)C(=O)N[C@@H](C(C)CC)C(=O)N2CCC[C@H]2C(=O)N[C@@H](Cc2c[nH]c3ccccc23)C(=O)NCC(=O)N[C@@H](Cc2c[nH]c3ccccc23)C(=O)N1C. The van der Waals surface area contributed by atoms with E-state index in [2.05, 4.69) is 89.1 Å². The van der Waals surface area contributed by atoms with Crippen LogP contribution in [0.25, 0.3) is 21.8 Å². The molecule has 1 unspecified atom stereocenters. The third-order valence-electron chi connectivity index (χ3n) is 25.3. The Morgan fingerprint density at radius 2 is 1.05 bits per heavy atom. The van der Waals surface area contributed by atoms with E-state index >= 15 is 38.4 Å². The van der Waals surface area contributed by atoms with E-state index < -0.39 is 247 Å². The van der Waals surface area contributed by atoms with Crippen molar-refractivity contribution in [1.82, 2.24) is 114 Å². The quantitative estimate of drug-likeness (QED) is 0.0126. The van der Waals surface area contributed by atoms with Gasteiger partial charge in [0, 0.05) is 118 Å². The molecule has 0 aliphatic carbocycles. The van der Waals surface area contributed by atoms with Crippen molar-refractivity contribution in [3.8, 4) is 5.75 Å². The van der Waals surface area contributed by atoms with E-state index in [1.54, 1.807) is 68.7 Å². The summed E-state index contributed by atoms with van der Waals surface area (Å²) in [6, 6.07) is 0.557. The molecule has 9 rings (SSSR count). The molecule has 764 valence electrons. The number of aromatic nitrogens is 4. The van der Waals surface area contributed by atoms with Crippen LogP contribution in [-0.4, -0.2) is 325 Å². The molecule has 0 spiro atoms. The highest BCUT2D eigenvalue weighted by Crippen LogP contribution is 2.28. The predicted octanol–water partition coefficient (Wildman–Crippen LogP) is -3.03. The van der Waals surface area contributed by atoms with Gasteiger partial charge in [0.05, 0.1) is 44.7 Å². The van der Waals surface area contributed by atoms with Crippen LogP contribution in [-0.2, 0) is 117 Å². The minimum absolute atomic E-state index is 0.000759. The number of amides is 19. The van der Waals surface area contributed by atoms with E-state index in [-0.39, 0.29) is 96.0 Å². The molecule has 3 saturated heterocycles. The monoisotopic (exact) mass is 1980 g/mol. The first-order chi connectivity index (χ1) is 67.3. The highest BCUT2D eigenvalue weighted by molar-refractivity contribution is 8.00. The molecule has 14 atom stereocenters. The fourth-order valence-corrected chi connectivity index (χ4v) is 17.9. The number of unbranched alkanes of at least 4 members (excludes halogenated alkanes) is 2. The van der Waals surface area contributed by atoms with Crippen molar-refractivity contribution in [3.63, 3.8) is 0 Å². The maximum atomic E-state index is 15.7. The summed E-state index contributed by atoms with van der Waals surface area (Å²) in [5.74, 6) is -19.3. The molecular weight excluding hydrogens is 1850 g/mol. The van der Waals surface area contributed by atoms with Gasteiger partial charge in [0.2, 0.25) is 112 Å². The molecule has 6 heterocycles. The number of phenolic OH excluding ortho intramolecular Hbond substituents is 1. The summed E-state index contributed by atoms with van der Waals surface area (Å²) in [6.07, 6.45) is 6.59. The zero-order chi connectivity index (χ0) is 103. The topological polar surface area (TPSA) is 679 Å². The number of nitrogens with one attached hydrogen (secondary N) is 17. The van der Waals surface area contributed by atoms with Gasteiger partial charge in [-0.2, -0.15) is 0 Å². The molecule has 0 saturated carbocycles. The van der Waals surface area contributed by atoms with E-state index in [0.29, 0.717) is 82.7 Å². The minimum atomic E-state index is -1.78. The Hall–Kier alpha value is -14.7. The lowest BCUT2D eigenvalue weighted by atomic mass is 9.96. The van der Waals surface area contributed by atoms with Gasteiger partial charge in [-0.3, -0.25) is 96.5 Å². The Labute approximate surface area is 819 Å². The van der Waals surface area contributed by atoms with Gasteiger partial charge in [-0.25, -0.2) is 4.98 Å². The second-order valence-electron chi connectivity index (χ2n) is 35.5. The summed E-state index contributed by atoms with van der Waals surface area (Å²) in [7, 11) is 3.94. The van der Waals surface area contributed by atoms with Crippen LogP contribution in [0.1, 0.15) is 147 Å². The van der Waals surface area contributed by atoms with Crippen LogP contribution in [0.2, 0.25) is 0 Å². The van der Waals surface area contributed by atoms with Crippen molar-refractivity contribution >= 4 is 152 Å². The number of nitrogens with two attached hydrogens (primary N) is 3. The molecule has 3 aliphatic rings. The molecule has 0 bridgehead atoms. The molecule has 3 aromatic carbocycles. The number of guanidine groups is 1. The Kier molecular flexibility index (Phi) is 41.7. The van der Waals surface area contributed by atoms with E-state index in [0.717, 1.165) is 26.5 Å². The van der Waals surface area contributed by atoms with Crippen LogP contribution in [0.15, 0.2) is 97.7 Å². The molecular formula is C94H132N26O20S. The molecule has 46 nitrogen and oxygen atoms in total. The Morgan fingerprint density at radius 3 is 1.63 bits per heavy atom. The van der Waals surface area contributed by atoms with Gasteiger partial charge in [-0.05, 0) is 105 Å². The van der Waals surface area contributed by atoms with E-state index in [4.69, 9.17) is 22.6 Å². The first-order valence-electron chi connectivity index (χ1n) is 47.3. The van der Waals surface area contributed by atoms with Crippen LogP contribution in [0.3, 0.4) is 0 Å². The fourth-order valence-electron chi connectivity index (χ4n) is 17.0. The molecule has 3 fully saturated rings. The molecule has 24 N–H and O–H groups in total. The predicted molar refractivity (Wildman–Crippen MR) is 518 cm³/mol. The number of primary amides is 2. The zero-order valence-electron chi connectivity index (χ0n) is 80.4. The van der Waals surface area contributed by atoms with Crippen molar-refractivity contribution in [1.29, 1.82) is 5.41 Å². The molecule has 19 amide bonds. The molecule has 3 aliphatic heterocycles. The van der Waals surface area contributed by atoms with Crippen LogP contribution in [0.4, 0.5) is 0 Å². The van der Waals surface area contributed by atoms with Crippen molar-refractivity contribution in [2.45, 2.75) is 229 Å². The lowest BCUT2D eigenvalue weighted by Gasteiger charge is -2.36. The third kappa shape index (κ3) is 31.7. The van der Waals surface area contributed by atoms with Crippen LogP contribution in [0.5, 0.6) is 5.75 Å². The number of likely N-dealkylation sites (N-methyl/N-ethyl adjacent to an activating group) is 3. The smallest absolute Gasteiger partial charge is 0.246 e. The lowest BCUT2D eigenvalue weighted by molar-refractivity contribution is -0.149. The number of para-hydroxylation sites is 2. The third-order valence-corrected chi connectivity index (χ3v) is 26.3. The maximum Gasteiger partial charge on any atom is 0.246 e. The Balaban J connectivity index is 1.09. The van der Waals surface area contributed by atoms with Gasteiger partial charge < -0.3 is 131 Å². The minimum Gasteiger partial charge on any atom is -0.508 e. The number of carbonyl (C=O) groups excluding carboxylic acids is 19. The highest BCUT2D eigenvalue weighted by Gasteiger charge is 2.46. The number of aromatic amines is 3. The number of imidazole rings is 1. The van der Waals surface area contributed by atoms with Crippen LogP contribution >= 0.6 is 11.8 Å². The maximum absolute atomic E-state index is 15.7. The van der Waals surface area contributed by atoms with Crippen molar-refractivity contribution in [2.24, 2.45) is 23.1 Å². The largest absolute Gasteiger partial charge is 0.508 e. The zero-order valence-corrected chi connectivity index (χ0v) is 81.3. The lowest BCUT2D eigenvalue weighted by Crippen LogP contribution is -2.61. The molecule has 141 heavy (non-hydrogen) atoms. The van der Waals surface area contributed by atoms with E-state index in [1.165, 1.54) is 74.7 Å². The number of aromatic hydroxyl groups is 1. The van der Waals surface area contributed by atoms with Crippen molar-refractivity contribution < 1.29 is 96.2 Å². The summed E-state index contributed by atoms with van der Waals surface area (Å²) < 4.78 is 0. The van der Waals surface area contributed by atoms with Crippen LogP contribution < -0.4 is 86.3 Å². The van der Waals surface area contributed by atoms with Gasteiger partial charge in [0.25, 0.3) is 0 Å². The number of carbonyl (C=O) groups is 19. The Bertz CT molecular complexity index is 5460. The van der Waals surface area contributed by atoms with E-state index in [9.17, 15) is 57.8 Å². The average molecular weight is 1980 g/mol. The fraction of sp³-hybridized carbons (Fsp3) is 0.521. The number of nitrogens with zero attached hydrogens (tertiary/aromatic N) is 6.